The minimum atomic E-state index is -0.348. The monoisotopic (exact) mass is 281 g/mol. The molecule has 1 aliphatic carbocycles. The lowest BCUT2D eigenvalue weighted by Crippen LogP contribution is -2.32. The fourth-order valence-electron chi connectivity index (χ4n) is 3.27. The standard InChI is InChI=1S/C14H23N3O3/c1-18-10-8-11(15-9-10)12-16-13(17-20-12)14(19-2)6-4-3-5-7-14/h10-11,15H,3-9H2,1-2H3. The van der Waals surface area contributed by atoms with Crippen molar-refractivity contribution in [3.63, 3.8) is 0 Å². The molecule has 1 saturated carbocycles. The smallest absolute Gasteiger partial charge is 0.243 e. The van der Waals surface area contributed by atoms with E-state index in [9.17, 15) is 0 Å². The van der Waals surface area contributed by atoms with E-state index in [1.165, 1.54) is 6.42 Å². The highest BCUT2D eigenvalue weighted by Crippen LogP contribution is 2.39. The summed E-state index contributed by atoms with van der Waals surface area (Å²) < 4.78 is 16.6. The molecule has 1 aliphatic heterocycles. The molecule has 3 rings (SSSR count). The molecule has 1 saturated heterocycles. The third-order valence-corrected chi connectivity index (χ3v) is 4.62. The third kappa shape index (κ3) is 2.47. The topological polar surface area (TPSA) is 69.4 Å². The zero-order chi connectivity index (χ0) is 14.0. The summed E-state index contributed by atoms with van der Waals surface area (Å²) in [5.41, 5.74) is -0.348. The summed E-state index contributed by atoms with van der Waals surface area (Å²) in [6, 6.07) is 0.0960. The van der Waals surface area contributed by atoms with Crippen LogP contribution in [0.25, 0.3) is 0 Å². The normalized spacial score (nSPS) is 29.7. The van der Waals surface area contributed by atoms with Crippen LogP contribution in [-0.2, 0) is 15.1 Å². The van der Waals surface area contributed by atoms with Crippen molar-refractivity contribution in [2.75, 3.05) is 20.8 Å². The molecule has 2 heterocycles. The van der Waals surface area contributed by atoms with Gasteiger partial charge in [-0.1, -0.05) is 24.4 Å². The van der Waals surface area contributed by atoms with Gasteiger partial charge < -0.3 is 19.3 Å². The van der Waals surface area contributed by atoms with Gasteiger partial charge >= 0.3 is 0 Å². The van der Waals surface area contributed by atoms with Gasteiger partial charge in [0.1, 0.15) is 5.60 Å². The van der Waals surface area contributed by atoms with Gasteiger partial charge in [-0.15, -0.1) is 0 Å². The van der Waals surface area contributed by atoms with Crippen LogP contribution in [0.1, 0.15) is 56.3 Å². The second-order valence-corrected chi connectivity index (χ2v) is 5.77. The maximum Gasteiger partial charge on any atom is 0.243 e. The van der Waals surface area contributed by atoms with Gasteiger partial charge in [-0.3, -0.25) is 0 Å². The second kappa shape index (κ2) is 5.79. The van der Waals surface area contributed by atoms with Gasteiger partial charge in [0, 0.05) is 20.8 Å². The average molecular weight is 281 g/mol. The maximum absolute atomic E-state index is 5.75. The Balaban J connectivity index is 1.76. The molecule has 0 aromatic carbocycles. The van der Waals surface area contributed by atoms with E-state index in [1.54, 1.807) is 14.2 Å². The quantitative estimate of drug-likeness (QED) is 0.909. The van der Waals surface area contributed by atoms with Gasteiger partial charge in [0.25, 0.3) is 0 Å². The molecule has 2 fully saturated rings. The van der Waals surface area contributed by atoms with Crippen molar-refractivity contribution in [1.29, 1.82) is 0 Å². The van der Waals surface area contributed by atoms with Gasteiger partial charge in [-0.05, 0) is 19.3 Å². The highest BCUT2D eigenvalue weighted by atomic mass is 16.5. The second-order valence-electron chi connectivity index (χ2n) is 5.77. The number of rotatable bonds is 4. The lowest BCUT2D eigenvalue weighted by atomic mass is 9.84. The fourth-order valence-corrected chi connectivity index (χ4v) is 3.27. The van der Waals surface area contributed by atoms with Crippen LogP contribution in [0, 0.1) is 0 Å². The number of aromatic nitrogens is 2. The number of hydrogen-bond acceptors (Lipinski definition) is 6. The molecule has 1 N–H and O–H groups in total. The summed E-state index contributed by atoms with van der Waals surface area (Å²) in [7, 11) is 3.48. The van der Waals surface area contributed by atoms with Crippen LogP contribution in [0.5, 0.6) is 0 Å². The van der Waals surface area contributed by atoms with Crippen LogP contribution >= 0.6 is 0 Å². The molecule has 112 valence electrons. The Bertz CT molecular complexity index is 443. The van der Waals surface area contributed by atoms with Gasteiger partial charge in [0.05, 0.1) is 12.1 Å². The van der Waals surface area contributed by atoms with E-state index in [0.717, 1.165) is 38.6 Å². The molecule has 2 aliphatic rings. The zero-order valence-corrected chi connectivity index (χ0v) is 12.2. The molecule has 0 bridgehead atoms. The van der Waals surface area contributed by atoms with Crippen LogP contribution in [0.15, 0.2) is 4.52 Å². The summed E-state index contributed by atoms with van der Waals surface area (Å²) in [5, 5.41) is 7.55. The van der Waals surface area contributed by atoms with Crippen LogP contribution in [0.2, 0.25) is 0 Å². The predicted octanol–water partition coefficient (Wildman–Crippen LogP) is 1.92. The maximum atomic E-state index is 5.75. The largest absolute Gasteiger partial charge is 0.380 e. The van der Waals surface area contributed by atoms with Crippen molar-refractivity contribution < 1.29 is 14.0 Å². The molecule has 6 nitrogen and oxygen atoms in total. The molecule has 2 unspecified atom stereocenters. The van der Waals surface area contributed by atoms with Crippen molar-refractivity contribution in [2.45, 2.75) is 56.3 Å². The van der Waals surface area contributed by atoms with E-state index < -0.39 is 0 Å². The summed E-state index contributed by atoms with van der Waals surface area (Å²) in [6.07, 6.45) is 6.62. The van der Waals surface area contributed by atoms with Gasteiger partial charge in [-0.25, -0.2) is 0 Å². The summed E-state index contributed by atoms with van der Waals surface area (Å²) >= 11 is 0. The summed E-state index contributed by atoms with van der Waals surface area (Å²) in [6.45, 7) is 0.828. The van der Waals surface area contributed by atoms with E-state index in [2.05, 4.69) is 15.5 Å². The van der Waals surface area contributed by atoms with Crippen molar-refractivity contribution in [3.05, 3.63) is 11.7 Å². The first kappa shape index (κ1) is 14.0. The summed E-state index contributed by atoms with van der Waals surface area (Å²) in [5.74, 6) is 1.36. The SMILES string of the molecule is COC1CNC(c2nc(C3(OC)CCCCC3)no2)C1. The van der Waals surface area contributed by atoms with E-state index in [1.807, 2.05) is 0 Å². The molecule has 0 amide bonds. The Morgan fingerprint density at radius 3 is 2.70 bits per heavy atom. The number of nitrogens with zero attached hydrogens (tertiary/aromatic N) is 2. The Morgan fingerprint density at radius 2 is 2.05 bits per heavy atom. The molecular formula is C14H23N3O3. The van der Waals surface area contributed by atoms with E-state index >= 15 is 0 Å². The Labute approximate surface area is 119 Å². The highest BCUT2D eigenvalue weighted by Gasteiger charge is 2.39. The van der Waals surface area contributed by atoms with Crippen LogP contribution in [0.3, 0.4) is 0 Å². The first-order valence-corrected chi connectivity index (χ1v) is 7.43. The van der Waals surface area contributed by atoms with Crippen LogP contribution < -0.4 is 5.32 Å². The molecule has 0 spiro atoms. The lowest BCUT2D eigenvalue weighted by Gasteiger charge is -2.32. The van der Waals surface area contributed by atoms with E-state index in [4.69, 9.17) is 14.0 Å². The van der Waals surface area contributed by atoms with E-state index in [-0.39, 0.29) is 17.7 Å². The van der Waals surface area contributed by atoms with Gasteiger partial charge in [0.2, 0.25) is 11.7 Å². The molecule has 1 aromatic heterocycles. The Kier molecular flexibility index (Phi) is 4.05. The van der Waals surface area contributed by atoms with Crippen molar-refractivity contribution in [1.82, 2.24) is 15.5 Å². The highest BCUT2D eigenvalue weighted by molar-refractivity contribution is 5.06. The number of methoxy groups -OCH3 is 2. The first-order valence-electron chi connectivity index (χ1n) is 7.43. The van der Waals surface area contributed by atoms with Crippen LogP contribution in [0.4, 0.5) is 0 Å². The van der Waals surface area contributed by atoms with Crippen molar-refractivity contribution in [2.24, 2.45) is 0 Å². The zero-order valence-electron chi connectivity index (χ0n) is 12.2. The van der Waals surface area contributed by atoms with Gasteiger partial charge in [-0.2, -0.15) is 4.98 Å². The molecule has 2 atom stereocenters. The third-order valence-electron chi connectivity index (χ3n) is 4.62. The number of ether oxygens (including phenoxy) is 2. The van der Waals surface area contributed by atoms with Crippen molar-refractivity contribution in [3.8, 4) is 0 Å². The van der Waals surface area contributed by atoms with Gasteiger partial charge in [0.15, 0.2) is 0 Å². The van der Waals surface area contributed by atoms with Crippen molar-refractivity contribution >= 4 is 0 Å². The molecular weight excluding hydrogens is 258 g/mol. The molecule has 6 heteroatoms. The summed E-state index contributed by atoms with van der Waals surface area (Å²) in [4.78, 5) is 4.61. The average Bonchev–Trinajstić information content (AvgIpc) is 3.16. The fraction of sp³-hybridized carbons (Fsp3) is 0.857. The first-order chi connectivity index (χ1) is 9.77. The Hall–Kier alpha value is -0.980. The van der Waals surface area contributed by atoms with E-state index in [0.29, 0.717) is 11.7 Å². The Morgan fingerprint density at radius 1 is 1.25 bits per heavy atom. The van der Waals surface area contributed by atoms with Crippen LogP contribution in [-0.4, -0.2) is 37.0 Å². The number of nitrogens with one attached hydrogen (secondary N) is 1. The predicted molar refractivity (Wildman–Crippen MR) is 72.2 cm³/mol. The minimum absolute atomic E-state index is 0.0960. The minimum Gasteiger partial charge on any atom is -0.380 e. The molecule has 0 radical (unpaired) electrons. The lowest BCUT2D eigenvalue weighted by molar-refractivity contribution is -0.0527. The molecule has 20 heavy (non-hydrogen) atoms. The number of hydrogen-bond donors (Lipinski definition) is 1. The molecule has 1 aromatic rings.